The monoisotopic (exact) mass is 402 g/mol. The average molecular weight is 403 g/mol. The molecule has 2 aromatic rings. The van der Waals surface area contributed by atoms with Crippen molar-refractivity contribution in [1.29, 1.82) is 0 Å². The van der Waals surface area contributed by atoms with Crippen LogP contribution in [0.15, 0.2) is 53.4 Å². The molecule has 150 valence electrons. The van der Waals surface area contributed by atoms with Crippen molar-refractivity contribution in [3.05, 3.63) is 54.1 Å². The summed E-state index contributed by atoms with van der Waals surface area (Å²) in [4.78, 5) is 14.7. The summed E-state index contributed by atoms with van der Waals surface area (Å²) < 4.78 is 33.4. The summed E-state index contributed by atoms with van der Waals surface area (Å²) in [6.07, 6.45) is 4.24. The van der Waals surface area contributed by atoms with E-state index in [-0.39, 0.29) is 10.8 Å². The zero-order chi connectivity index (χ0) is 20.0. The van der Waals surface area contributed by atoms with E-state index in [2.05, 4.69) is 4.72 Å². The van der Waals surface area contributed by atoms with E-state index < -0.39 is 10.0 Å². The lowest BCUT2D eigenvalue weighted by Crippen LogP contribution is -2.32. The van der Waals surface area contributed by atoms with Crippen LogP contribution >= 0.6 is 0 Å². The van der Waals surface area contributed by atoms with E-state index in [0.29, 0.717) is 23.6 Å². The molecule has 0 unspecified atom stereocenters. The summed E-state index contributed by atoms with van der Waals surface area (Å²) >= 11 is 0. The van der Waals surface area contributed by atoms with Crippen molar-refractivity contribution in [2.24, 2.45) is 0 Å². The maximum Gasteiger partial charge on any atom is 0.261 e. The summed E-state index contributed by atoms with van der Waals surface area (Å²) in [7, 11) is -3.79. The minimum Gasteiger partial charge on any atom is -0.494 e. The molecule has 1 saturated heterocycles. The molecule has 0 aromatic heterocycles. The van der Waals surface area contributed by atoms with Crippen LogP contribution in [-0.4, -0.2) is 38.9 Å². The number of nitrogens with zero attached hydrogens (tertiary/aromatic N) is 1. The smallest absolute Gasteiger partial charge is 0.261 e. The van der Waals surface area contributed by atoms with Crippen LogP contribution in [0.4, 0.5) is 5.69 Å². The Kier molecular flexibility index (Phi) is 6.57. The lowest BCUT2D eigenvalue weighted by Gasteiger charge is -2.20. The highest BCUT2D eigenvalue weighted by Gasteiger charge is 2.20. The molecule has 1 amide bonds. The lowest BCUT2D eigenvalue weighted by atomic mass is 10.2. The Morgan fingerprint density at radius 1 is 1.04 bits per heavy atom. The van der Waals surface area contributed by atoms with Gasteiger partial charge in [0, 0.05) is 24.3 Å². The Hall–Kier alpha value is -2.54. The second-order valence-corrected chi connectivity index (χ2v) is 8.48. The maximum absolute atomic E-state index is 12.8. The standard InChI is InChI=1S/C21H26N2O4S/c1-2-27-19-12-10-18(11-13-19)22-28(25,26)20-9-7-8-17(16-20)21(24)23-14-5-3-4-6-15-23/h7-13,16,22H,2-6,14-15H2,1H3. The number of hydrogen-bond donors (Lipinski definition) is 1. The van der Waals surface area contributed by atoms with Gasteiger partial charge in [0.2, 0.25) is 0 Å². The Morgan fingerprint density at radius 2 is 1.71 bits per heavy atom. The molecule has 7 heteroatoms. The highest BCUT2D eigenvalue weighted by Crippen LogP contribution is 2.21. The first-order chi connectivity index (χ1) is 13.5. The molecular weight excluding hydrogens is 376 g/mol. The molecule has 0 spiro atoms. The van der Waals surface area contributed by atoms with Crippen LogP contribution in [0.25, 0.3) is 0 Å². The molecular formula is C21H26N2O4S. The third-order valence-corrected chi connectivity index (χ3v) is 6.08. The summed E-state index contributed by atoms with van der Waals surface area (Å²) in [5, 5.41) is 0. The normalized spacial score (nSPS) is 15.0. The topological polar surface area (TPSA) is 75.7 Å². The van der Waals surface area contributed by atoms with Gasteiger partial charge in [-0.05, 0) is 62.2 Å². The number of carbonyl (C=O) groups is 1. The van der Waals surface area contributed by atoms with Crippen LogP contribution in [0, 0.1) is 0 Å². The van der Waals surface area contributed by atoms with Gasteiger partial charge < -0.3 is 9.64 Å². The molecule has 3 rings (SSSR count). The van der Waals surface area contributed by atoms with E-state index in [1.54, 1.807) is 36.4 Å². The van der Waals surface area contributed by atoms with Gasteiger partial charge in [0.25, 0.3) is 15.9 Å². The number of amides is 1. The summed E-state index contributed by atoms with van der Waals surface area (Å²) in [6, 6.07) is 12.9. The first kappa shape index (κ1) is 20.2. The van der Waals surface area contributed by atoms with Crippen molar-refractivity contribution < 1.29 is 17.9 Å². The summed E-state index contributed by atoms with van der Waals surface area (Å²) in [5.74, 6) is 0.565. The van der Waals surface area contributed by atoms with Crippen LogP contribution in [0.1, 0.15) is 43.0 Å². The third kappa shape index (κ3) is 5.04. The predicted molar refractivity (Wildman–Crippen MR) is 109 cm³/mol. The van der Waals surface area contributed by atoms with Gasteiger partial charge in [0.15, 0.2) is 0 Å². The minimum absolute atomic E-state index is 0.0713. The van der Waals surface area contributed by atoms with Crippen molar-refractivity contribution in [1.82, 2.24) is 4.90 Å². The molecule has 1 heterocycles. The minimum atomic E-state index is -3.79. The van der Waals surface area contributed by atoms with Gasteiger partial charge in [-0.25, -0.2) is 8.42 Å². The molecule has 1 aliphatic rings. The van der Waals surface area contributed by atoms with Gasteiger partial charge in [-0.15, -0.1) is 0 Å². The molecule has 0 atom stereocenters. The van der Waals surface area contributed by atoms with E-state index in [4.69, 9.17) is 4.74 Å². The summed E-state index contributed by atoms with van der Waals surface area (Å²) in [6.45, 7) is 3.87. The molecule has 0 bridgehead atoms. The third-order valence-electron chi connectivity index (χ3n) is 4.70. The number of hydrogen-bond acceptors (Lipinski definition) is 4. The van der Waals surface area contributed by atoms with Gasteiger partial charge in [-0.1, -0.05) is 18.9 Å². The van der Waals surface area contributed by atoms with E-state index >= 15 is 0 Å². The van der Waals surface area contributed by atoms with Gasteiger partial charge in [0.05, 0.1) is 11.5 Å². The van der Waals surface area contributed by atoms with Gasteiger partial charge >= 0.3 is 0 Å². The molecule has 1 aliphatic heterocycles. The molecule has 0 radical (unpaired) electrons. The number of ether oxygens (including phenoxy) is 1. The number of nitrogens with one attached hydrogen (secondary N) is 1. The lowest BCUT2D eigenvalue weighted by molar-refractivity contribution is 0.0761. The quantitative estimate of drug-likeness (QED) is 0.795. The second-order valence-electron chi connectivity index (χ2n) is 6.80. The number of carbonyl (C=O) groups excluding carboxylic acids is 1. The highest BCUT2D eigenvalue weighted by atomic mass is 32.2. The second kappa shape index (κ2) is 9.10. The Morgan fingerprint density at radius 3 is 2.36 bits per heavy atom. The number of benzene rings is 2. The molecule has 0 saturated carbocycles. The average Bonchev–Trinajstić information content (AvgIpc) is 2.98. The fourth-order valence-corrected chi connectivity index (χ4v) is 4.36. The van der Waals surface area contributed by atoms with E-state index in [9.17, 15) is 13.2 Å². The SMILES string of the molecule is CCOc1ccc(NS(=O)(=O)c2cccc(C(=O)N3CCCCCC3)c2)cc1. The molecule has 1 fully saturated rings. The number of sulfonamides is 1. The molecule has 0 aliphatic carbocycles. The number of anilines is 1. The van der Waals surface area contributed by atoms with Crippen LogP contribution in [-0.2, 0) is 10.0 Å². The van der Waals surface area contributed by atoms with E-state index in [1.165, 1.54) is 12.1 Å². The van der Waals surface area contributed by atoms with Crippen molar-refractivity contribution in [3.8, 4) is 5.75 Å². The van der Waals surface area contributed by atoms with Crippen molar-refractivity contribution in [2.75, 3.05) is 24.4 Å². The zero-order valence-electron chi connectivity index (χ0n) is 16.1. The van der Waals surface area contributed by atoms with Crippen LogP contribution in [0.5, 0.6) is 5.75 Å². The van der Waals surface area contributed by atoms with Crippen molar-refractivity contribution in [2.45, 2.75) is 37.5 Å². The molecule has 6 nitrogen and oxygen atoms in total. The number of rotatable bonds is 6. The maximum atomic E-state index is 12.8. The van der Waals surface area contributed by atoms with Gasteiger partial charge in [0.1, 0.15) is 5.75 Å². The zero-order valence-corrected chi connectivity index (χ0v) is 16.9. The van der Waals surface area contributed by atoms with Crippen molar-refractivity contribution in [3.63, 3.8) is 0 Å². The summed E-state index contributed by atoms with van der Waals surface area (Å²) in [5.41, 5.74) is 0.837. The number of likely N-dealkylation sites (tertiary alicyclic amines) is 1. The first-order valence-corrected chi connectivity index (χ1v) is 11.1. The van der Waals surface area contributed by atoms with Crippen LogP contribution in [0.2, 0.25) is 0 Å². The largest absolute Gasteiger partial charge is 0.494 e. The Labute approximate surface area is 166 Å². The Balaban J connectivity index is 1.76. The molecule has 28 heavy (non-hydrogen) atoms. The van der Waals surface area contributed by atoms with Gasteiger partial charge in [-0.2, -0.15) is 0 Å². The highest BCUT2D eigenvalue weighted by molar-refractivity contribution is 7.92. The van der Waals surface area contributed by atoms with Crippen LogP contribution in [0.3, 0.4) is 0 Å². The van der Waals surface area contributed by atoms with Crippen molar-refractivity contribution >= 4 is 21.6 Å². The van der Waals surface area contributed by atoms with E-state index in [0.717, 1.165) is 38.8 Å². The van der Waals surface area contributed by atoms with Crippen LogP contribution < -0.4 is 9.46 Å². The molecule has 1 N–H and O–H groups in total. The predicted octanol–water partition coefficient (Wildman–Crippen LogP) is 3.90. The van der Waals surface area contributed by atoms with Gasteiger partial charge in [-0.3, -0.25) is 9.52 Å². The first-order valence-electron chi connectivity index (χ1n) is 9.64. The Bertz CT molecular complexity index is 902. The fraction of sp³-hybridized carbons (Fsp3) is 0.381. The fourth-order valence-electron chi connectivity index (χ4n) is 3.25. The van der Waals surface area contributed by atoms with E-state index in [1.807, 2.05) is 11.8 Å². The molecule has 2 aromatic carbocycles.